The molecule has 2 heterocycles. The van der Waals surface area contributed by atoms with Crippen LogP contribution in [0.3, 0.4) is 0 Å². The largest absolute Gasteiger partial charge is 0.333 e. The van der Waals surface area contributed by atoms with Crippen LogP contribution in [0.25, 0.3) is 0 Å². The zero-order valence-corrected chi connectivity index (χ0v) is 11.4. The zero-order valence-electron chi connectivity index (χ0n) is 9.82. The van der Waals surface area contributed by atoms with Crippen LogP contribution in [-0.2, 0) is 11.2 Å². The molecule has 3 rings (SSSR count). The molecule has 90 valence electrons. The SMILES string of the molecule is CN1CC(=O)N2CCc3cc(Br)ccc3C2C1. The van der Waals surface area contributed by atoms with Crippen molar-refractivity contribution in [2.75, 3.05) is 26.7 Å². The number of carbonyl (C=O) groups is 1. The van der Waals surface area contributed by atoms with E-state index in [1.807, 2.05) is 11.9 Å². The minimum atomic E-state index is 0.248. The first-order valence-corrected chi connectivity index (χ1v) is 6.71. The molecule has 1 unspecified atom stereocenters. The van der Waals surface area contributed by atoms with Crippen molar-refractivity contribution in [3.63, 3.8) is 0 Å². The number of benzene rings is 1. The van der Waals surface area contributed by atoms with E-state index >= 15 is 0 Å². The Morgan fingerprint density at radius 2 is 2.24 bits per heavy atom. The molecular formula is C13H15BrN2O. The van der Waals surface area contributed by atoms with E-state index in [4.69, 9.17) is 0 Å². The number of piperazine rings is 1. The summed E-state index contributed by atoms with van der Waals surface area (Å²) in [7, 11) is 2.02. The topological polar surface area (TPSA) is 23.6 Å². The first kappa shape index (κ1) is 11.2. The summed E-state index contributed by atoms with van der Waals surface area (Å²) in [5, 5.41) is 0. The Hall–Kier alpha value is -0.870. The van der Waals surface area contributed by atoms with E-state index in [1.54, 1.807) is 0 Å². The van der Waals surface area contributed by atoms with Crippen LogP contribution >= 0.6 is 15.9 Å². The molecule has 2 aliphatic heterocycles. The molecule has 1 aromatic carbocycles. The van der Waals surface area contributed by atoms with Crippen molar-refractivity contribution in [1.82, 2.24) is 9.80 Å². The first-order valence-electron chi connectivity index (χ1n) is 5.91. The Balaban J connectivity index is 2.01. The summed E-state index contributed by atoms with van der Waals surface area (Å²) in [5.41, 5.74) is 2.70. The van der Waals surface area contributed by atoms with Crippen molar-refractivity contribution >= 4 is 21.8 Å². The van der Waals surface area contributed by atoms with Gasteiger partial charge >= 0.3 is 0 Å². The number of fused-ring (bicyclic) bond motifs is 3. The van der Waals surface area contributed by atoms with Crippen LogP contribution in [0, 0.1) is 0 Å². The molecule has 0 spiro atoms. The van der Waals surface area contributed by atoms with E-state index in [-0.39, 0.29) is 11.9 Å². The first-order chi connectivity index (χ1) is 8.15. The monoisotopic (exact) mass is 294 g/mol. The van der Waals surface area contributed by atoms with Crippen molar-refractivity contribution in [2.45, 2.75) is 12.5 Å². The number of likely N-dealkylation sites (N-methyl/N-ethyl adjacent to an activating group) is 1. The van der Waals surface area contributed by atoms with Gasteiger partial charge in [-0.2, -0.15) is 0 Å². The van der Waals surface area contributed by atoms with Gasteiger partial charge < -0.3 is 4.90 Å². The highest BCUT2D eigenvalue weighted by atomic mass is 79.9. The van der Waals surface area contributed by atoms with Gasteiger partial charge in [-0.05, 0) is 36.7 Å². The number of hydrogen-bond donors (Lipinski definition) is 0. The maximum absolute atomic E-state index is 12.0. The van der Waals surface area contributed by atoms with Gasteiger partial charge in [-0.1, -0.05) is 22.0 Å². The Labute approximate surface area is 110 Å². The lowest BCUT2D eigenvalue weighted by Crippen LogP contribution is -2.53. The highest BCUT2D eigenvalue weighted by Crippen LogP contribution is 2.33. The third-order valence-corrected chi connectivity index (χ3v) is 4.17. The Kier molecular flexibility index (Phi) is 2.71. The highest BCUT2D eigenvalue weighted by Gasteiger charge is 2.35. The summed E-state index contributed by atoms with van der Waals surface area (Å²) in [6.07, 6.45) is 0.973. The molecule has 0 radical (unpaired) electrons. The molecule has 1 atom stereocenters. The van der Waals surface area contributed by atoms with Crippen molar-refractivity contribution < 1.29 is 4.79 Å². The zero-order chi connectivity index (χ0) is 12.0. The fraction of sp³-hybridized carbons (Fsp3) is 0.462. The molecule has 0 aliphatic carbocycles. The van der Waals surface area contributed by atoms with E-state index in [2.05, 4.69) is 39.0 Å². The number of halogens is 1. The predicted octanol–water partition coefficient (Wildman–Crippen LogP) is 1.82. The number of amides is 1. The van der Waals surface area contributed by atoms with Gasteiger partial charge in [-0.15, -0.1) is 0 Å². The molecule has 2 aliphatic rings. The molecule has 4 heteroatoms. The molecular weight excluding hydrogens is 280 g/mol. The average molecular weight is 295 g/mol. The van der Waals surface area contributed by atoms with Crippen molar-refractivity contribution in [3.8, 4) is 0 Å². The van der Waals surface area contributed by atoms with E-state index in [0.717, 1.165) is 24.0 Å². The number of carbonyl (C=O) groups excluding carboxylic acids is 1. The molecule has 1 saturated heterocycles. The Morgan fingerprint density at radius 3 is 3.06 bits per heavy atom. The van der Waals surface area contributed by atoms with Gasteiger partial charge in [0.05, 0.1) is 12.6 Å². The summed E-state index contributed by atoms with van der Waals surface area (Å²) in [6, 6.07) is 6.66. The van der Waals surface area contributed by atoms with Crippen LogP contribution in [0.5, 0.6) is 0 Å². The standard InChI is InChI=1S/C13H15BrN2O/c1-15-7-12-11-3-2-10(14)6-9(11)4-5-16(12)13(17)8-15/h2-3,6,12H,4-5,7-8H2,1H3. The maximum atomic E-state index is 12.0. The van der Waals surface area contributed by atoms with Crippen molar-refractivity contribution in [1.29, 1.82) is 0 Å². The van der Waals surface area contributed by atoms with Gasteiger partial charge in [0.25, 0.3) is 0 Å². The van der Waals surface area contributed by atoms with Gasteiger partial charge in [-0.25, -0.2) is 0 Å². The fourth-order valence-corrected chi connectivity index (χ4v) is 3.27. The van der Waals surface area contributed by atoms with Crippen LogP contribution in [0.2, 0.25) is 0 Å². The summed E-state index contributed by atoms with van der Waals surface area (Å²) < 4.78 is 1.13. The summed E-state index contributed by atoms with van der Waals surface area (Å²) in [4.78, 5) is 16.1. The molecule has 0 saturated carbocycles. The maximum Gasteiger partial charge on any atom is 0.237 e. The molecule has 1 aromatic rings. The van der Waals surface area contributed by atoms with Gasteiger partial charge in [-0.3, -0.25) is 9.69 Å². The minimum absolute atomic E-state index is 0.248. The van der Waals surface area contributed by atoms with E-state index in [1.165, 1.54) is 11.1 Å². The van der Waals surface area contributed by atoms with Crippen molar-refractivity contribution in [3.05, 3.63) is 33.8 Å². The van der Waals surface area contributed by atoms with Crippen LogP contribution in [0.4, 0.5) is 0 Å². The van der Waals surface area contributed by atoms with Gasteiger partial charge in [0.2, 0.25) is 5.91 Å². The van der Waals surface area contributed by atoms with E-state index in [0.29, 0.717) is 6.54 Å². The molecule has 1 fully saturated rings. The van der Waals surface area contributed by atoms with Crippen LogP contribution in [0.15, 0.2) is 22.7 Å². The molecule has 0 N–H and O–H groups in total. The second-order valence-corrected chi connectivity index (χ2v) is 5.81. The Morgan fingerprint density at radius 1 is 1.41 bits per heavy atom. The molecule has 0 aromatic heterocycles. The lowest BCUT2D eigenvalue weighted by molar-refractivity contribution is -0.139. The average Bonchev–Trinajstić information content (AvgIpc) is 2.27. The minimum Gasteiger partial charge on any atom is -0.333 e. The predicted molar refractivity (Wildman–Crippen MR) is 69.8 cm³/mol. The van der Waals surface area contributed by atoms with Gasteiger partial charge in [0, 0.05) is 17.6 Å². The molecule has 17 heavy (non-hydrogen) atoms. The van der Waals surface area contributed by atoms with Gasteiger partial charge in [0.15, 0.2) is 0 Å². The summed E-state index contributed by atoms with van der Waals surface area (Å²) >= 11 is 3.51. The van der Waals surface area contributed by atoms with Crippen LogP contribution in [0.1, 0.15) is 17.2 Å². The van der Waals surface area contributed by atoms with E-state index < -0.39 is 0 Å². The van der Waals surface area contributed by atoms with Crippen LogP contribution in [-0.4, -0.2) is 42.4 Å². The normalized spacial score (nSPS) is 24.5. The second kappa shape index (κ2) is 4.10. The quantitative estimate of drug-likeness (QED) is 0.729. The van der Waals surface area contributed by atoms with Crippen molar-refractivity contribution in [2.24, 2.45) is 0 Å². The summed E-state index contributed by atoms with van der Waals surface area (Å²) in [5.74, 6) is 0.261. The lowest BCUT2D eigenvalue weighted by atomic mass is 9.91. The lowest BCUT2D eigenvalue weighted by Gasteiger charge is -2.43. The fourth-order valence-electron chi connectivity index (χ4n) is 2.86. The summed E-state index contributed by atoms with van der Waals surface area (Å²) in [6.45, 7) is 2.36. The molecule has 0 bridgehead atoms. The highest BCUT2D eigenvalue weighted by molar-refractivity contribution is 9.10. The molecule has 1 amide bonds. The number of hydrogen-bond acceptors (Lipinski definition) is 2. The van der Waals surface area contributed by atoms with Gasteiger partial charge in [0.1, 0.15) is 0 Å². The second-order valence-electron chi connectivity index (χ2n) is 4.89. The third kappa shape index (κ3) is 1.89. The number of rotatable bonds is 0. The third-order valence-electron chi connectivity index (χ3n) is 3.67. The number of nitrogens with zero attached hydrogens (tertiary/aromatic N) is 2. The van der Waals surface area contributed by atoms with Crippen LogP contribution < -0.4 is 0 Å². The molecule has 3 nitrogen and oxygen atoms in total. The Bertz CT molecular complexity index is 474. The van der Waals surface area contributed by atoms with E-state index in [9.17, 15) is 4.79 Å². The smallest absolute Gasteiger partial charge is 0.237 e.